The Morgan fingerprint density at radius 2 is 1.82 bits per heavy atom. The standard InChI is InChI=1S/C24H25N3O/c1-15(2)12-13-25-24(28)21-14-19-18-6-4-5-7-20(18)26-23(19)22(27-21)17-10-8-16(3)9-11-17/h4-11,14-15,26H,12-13H2,1-3H3,(H,25,28). The topological polar surface area (TPSA) is 57.8 Å². The van der Waals surface area contributed by atoms with Gasteiger partial charge in [-0.2, -0.15) is 0 Å². The number of carbonyl (C=O) groups is 1. The fraction of sp³-hybridized carbons (Fsp3) is 0.250. The molecule has 0 aliphatic heterocycles. The highest BCUT2D eigenvalue weighted by Crippen LogP contribution is 2.32. The van der Waals surface area contributed by atoms with E-state index in [-0.39, 0.29) is 5.91 Å². The number of aryl methyl sites for hydroxylation is 1. The van der Waals surface area contributed by atoms with E-state index in [9.17, 15) is 4.79 Å². The van der Waals surface area contributed by atoms with E-state index in [4.69, 9.17) is 4.98 Å². The van der Waals surface area contributed by atoms with Gasteiger partial charge in [-0.3, -0.25) is 4.79 Å². The molecule has 0 atom stereocenters. The van der Waals surface area contributed by atoms with Gasteiger partial charge in [0.25, 0.3) is 5.91 Å². The molecule has 28 heavy (non-hydrogen) atoms. The van der Waals surface area contributed by atoms with Gasteiger partial charge in [0.15, 0.2) is 0 Å². The van der Waals surface area contributed by atoms with Crippen LogP contribution in [0.4, 0.5) is 0 Å². The van der Waals surface area contributed by atoms with Crippen molar-refractivity contribution >= 4 is 27.7 Å². The Kier molecular flexibility index (Phi) is 4.86. The van der Waals surface area contributed by atoms with Gasteiger partial charge < -0.3 is 10.3 Å². The van der Waals surface area contributed by atoms with Crippen molar-refractivity contribution < 1.29 is 4.79 Å². The smallest absolute Gasteiger partial charge is 0.269 e. The maximum absolute atomic E-state index is 12.8. The highest BCUT2D eigenvalue weighted by atomic mass is 16.1. The van der Waals surface area contributed by atoms with E-state index in [1.807, 2.05) is 18.2 Å². The van der Waals surface area contributed by atoms with Gasteiger partial charge in [-0.15, -0.1) is 0 Å². The molecule has 0 saturated heterocycles. The van der Waals surface area contributed by atoms with Crippen LogP contribution in [-0.4, -0.2) is 22.4 Å². The third-order valence-electron chi connectivity index (χ3n) is 5.06. The van der Waals surface area contributed by atoms with Crippen LogP contribution >= 0.6 is 0 Å². The lowest BCUT2D eigenvalue weighted by atomic mass is 10.0. The largest absolute Gasteiger partial charge is 0.353 e. The summed E-state index contributed by atoms with van der Waals surface area (Å²) in [5.41, 5.74) is 5.46. The van der Waals surface area contributed by atoms with E-state index in [1.165, 1.54) is 5.56 Å². The number of para-hydroxylation sites is 1. The molecule has 0 aliphatic rings. The Balaban J connectivity index is 1.85. The maximum atomic E-state index is 12.8. The summed E-state index contributed by atoms with van der Waals surface area (Å²) in [5, 5.41) is 5.14. The Hall–Kier alpha value is -3.14. The first-order chi connectivity index (χ1) is 13.5. The number of aromatic nitrogens is 2. The Morgan fingerprint density at radius 3 is 2.57 bits per heavy atom. The number of fused-ring (bicyclic) bond motifs is 3. The van der Waals surface area contributed by atoms with Gasteiger partial charge >= 0.3 is 0 Å². The molecule has 0 unspecified atom stereocenters. The molecule has 0 radical (unpaired) electrons. The van der Waals surface area contributed by atoms with Gasteiger partial charge in [0.2, 0.25) is 0 Å². The monoisotopic (exact) mass is 371 g/mol. The summed E-state index contributed by atoms with van der Waals surface area (Å²) >= 11 is 0. The van der Waals surface area contributed by atoms with Gasteiger partial charge in [-0.1, -0.05) is 61.9 Å². The van der Waals surface area contributed by atoms with Crippen molar-refractivity contribution in [2.75, 3.05) is 6.54 Å². The minimum Gasteiger partial charge on any atom is -0.353 e. The Bertz CT molecular complexity index is 1140. The van der Waals surface area contributed by atoms with Crippen molar-refractivity contribution in [3.63, 3.8) is 0 Å². The van der Waals surface area contributed by atoms with E-state index < -0.39 is 0 Å². The number of nitrogens with zero attached hydrogens (tertiary/aromatic N) is 1. The number of hydrogen-bond donors (Lipinski definition) is 2. The highest BCUT2D eigenvalue weighted by molar-refractivity contribution is 6.13. The summed E-state index contributed by atoms with van der Waals surface area (Å²) in [4.78, 5) is 21.0. The molecular weight excluding hydrogens is 346 g/mol. The summed E-state index contributed by atoms with van der Waals surface area (Å²) in [6.45, 7) is 7.02. The van der Waals surface area contributed by atoms with Crippen molar-refractivity contribution in [2.45, 2.75) is 27.2 Å². The van der Waals surface area contributed by atoms with Gasteiger partial charge in [-0.25, -0.2) is 4.98 Å². The second-order valence-electron chi connectivity index (χ2n) is 7.75. The lowest BCUT2D eigenvalue weighted by Gasteiger charge is -2.10. The van der Waals surface area contributed by atoms with Gasteiger partial charge in [0, 0.05) is 28.4 Å². The molecule has 0 saturated carbocycles. The van der Waals surface area contributed by atoms with Crippen LogP contribution in [0.1, 0.15) is 36.3 Å². The summed E-state index contributed by atoms with van der Waals surface area (Å²) in [6.07, 6.45) is 0.950. The normalized spacial score (nSPS) is 11.4. The summed E-state index contributed by atoms with van der Waals surface area (Å²) in [5.74, 6) is 0.425. The Morgan fingerprint density at radius 1 is 1.07 bits per heavy atom. The molecular formula is C24H25N3O. The van der Waals surface area contributed by atoms with Gasteiger partial charge in [-0.05, 0) is 31.4 Å². The van der Waals surface area contributed by atoms with Crippen LogP contribution in [0.3, 0.4) is 0 Å². The predicted molar refractivity (Wildman–Crippen MR) is 116 cm³/mol. The minimum atomic E-state index is -0.124. The lowest BCUT2D eigenvalue weighted by molar-refractivity contribution is 0.0947. The maximum Gasteiger partial charge on any atom is 0.269 e. The molecule has 0 bridgehead atoms. The molecule has 0 aliphatic carbocycles. The van der Waals surface area contributed by atoms with E-state index in [0.29, 0.717) is 18.2 Å². The van der Waals surface area contributed by atoms with Crippen LogP contribution in [0.5, 0.6) is 0 Å². The van der Waals surface area contributed by atoms with Crippen LogP contribution in [0.2, 0.25) is 0 Å². The number of pyridine rings is 1. The summed E-state index contributed by atoms with van der Waals surface area (Å²) in [7, 11) is 0. The average Bonchev–Trinajstić information content (AvgIpc) is 3.06. The zero-order chi connectivity index (χ0) is 19.7. The van der Waals surface area contributed by atoms with Crippen LogP contribution in [-0.2, 0) is 0 Å². The average molecular weight is 371 g/mol. The van der Waals surface area contributed by atoms with Crippen molar-refractivity contribution in [1.29, 1.82) is 0 Å². The number of nitrogens with one attached hydrogen (secondary N) is 2. The summed E-state index contributed by atoms with van der Waals surface area (Å²) < 4.78 is 0. The number of hydrogen-bond acceptors (Lipinski definition) is 2. The van der Waals surface area contributed by atoms with E-state index in [0.717, 1.165) is 39.5 Å². The zero-order valence-electron chi connectivity index (χ0n) is 16.5. The van der Waals surface area contributed by atoms with Gasteiger partial charge in [0.05, 0.1) is 11.2 Å². The van der Waals surface area contributed by atoms with E-state index in [2.05, 4.69) is 67.5 Å². The third-order valence-corrected chi connectivity index (χ3v) is 5.06. The summed E-state index contributed by atoms with van der Waals surface area (Å²) in [6, 6.07) is 18.3. The fourth-order valence-electron chi connectivity index (χ4n) is 3.45. The molecule has 0 fully saturated rings. The van der Waals surface area contributed by atoms with Crippen molar-refractivity contribution in [3.8, 4) is 11.3 Å². The Labute approximate surface area is 165 Å². The van der Waals surface area contributed by atoms with Crippen LogP contribution in [0.15, 0.2) is 54.6 Å². The number of amides is 1. The number of carbonyl (C=O) groups excluding carboxylic acids is 1. The van der Waals surface area contributed by atoms with Crippen molar-refractivity contribution in [1.82, 2.24) is 15.3 Å². The number of benzene rings is 2. The first-order valence-electron chi connectivity index (χ1n) is 9.79. The predicted octanol–water partition coefficient (Wildman–Crippen LogP) is 5.47. The number of aromatic amines is 1. The second kappa shape index (κ2) is 7.47. The molecule has 4 heteroatoms. The van der Waals surface area contributed by atoms with E-state index in [1.54, 1.807) is 0 Å². The van der Waals surface area contributed by atoms with E-state index >= 15 is 0 Å². The first-order valence-corrected chi connectivity index (χ1v) is 9.79. The molecule has 4 rings (SSSR count). The van der Waals surface area contributed by atoms with Crippen LogP contribution < -0.4 is 5.32 Å². The SMILES string of the molecule is Cc1ccc(-c2nc(C(=O)NCCC(C)C)cc3c2[nH]c2ccccc23)cc1. The molecule has 0 spiro atoms. The molecule has 4 nitrogen and oxygen atoms in total. The quantitative estimate of drug-likeness (QED) is 0.489. The zero-order valence-corrected chi connectivity index (χ0v) is 16.5. The first kappa shape index (κ1) is 18.2. The molecule has 142 valence electrons. The molecule has 2 aromatic heterocycles. The molecule has 4 aromatic rings. The van der Waals surface area contributed by atoms with Crippen LogP contribution in [0, 0.1) is 12.8 Å². The molecule has 1 amide bonds. The highest BCUT2D eigenvalue weighted by Gasteiger charge is 2.16. The molecule has 2 aromatic carbocycles. The van der Waals surface area contributed by atoms with Crippen LogP contribution in [0.25, 0.3) is 33.1 Å². The lowest BCUT2D eigenvalue weighted by Crippen LogP contribution is -2.26. The van der Waals surface area contributed by atoms with Crippen molar-refractivity contribution in [3.05, 3.63) is 65.9 Å². The molecule has 2 heterocycles. The second-order valence-corrected chi connectivity index (χ2v) is 7.75. The number of H-pyrrole nitrogens is 1. The van der Waals surface area contributed by atoms with Crippen molar-refractivity contribution in [2.24, 2.45) is 5.92 Å². The fourth-order valence-corrected chi connectivity index (χ4v) is 3.45. The third kappa shape index (κ3) is 3.50. The van der Waals surface area contributed by atoms with Gasteiger partial charge in [0.1, 0.15) is 5.69 Å². The number of rotatable bonds is 5. The molecule has 2 N–H and O–H groups in total. The minimum absolute atomic E-state index is 0.124.